The molecule has 0 unspecified atom stereocenters. The summed E-state index contributed by atoms with van der Waals surface area (Å²) < 4.78 is 465. The molecular weight excluding hydrogens is 1130 g/mol. The molecule has 2 nitrogen and oxygen atoms in total. The van der Waals surface area contributed by atoms with Crippen LogP contribution in [-0.2, 0) is 25.9 Å². The fourth-order valence-electron chi connectivity index (χ4n) is 6.46. The molecule has 2 aromatic rings. The second kappa shape index (κ2) is 20.7. The molecule has 0 bridgehead atoms. The maximum atomic E-state index is 14.5. The third-order valence-electron chi connectivity index (χ3n) is 11.1. The quantitative estimate of drug-likeness (QED) is 0.0478. The smallest absolute Gasteiger partial charge is 0.202 e. The van der Waals surface area contributed by atoms with E-state index in [2.05, 4.69) is 0 Å². The molecule has 2 rings (SSSR count). The number of rotatable bonds is 27. The van der Waals surface area contributed by atoms with E-state index in [9.17, 15) is 149 Å². The van der Waals surface area contributed by atoms with E-state index < -0.39 is 121 Å². The van der Waals surface area contributed by atoms with Crippen LogP contribution in [0.4, 0.5) is 149 Å². The second-order valence-electron chi connectivity index (χ2n) is 16.2. The van der Waals surface area contributed by atoms with Crippen molar-refractivity contribution in [3.8, 4) is 0 Å². The number of halogens is 34. The molecule has 0 aliphatic heterocycles. The van der Waals surface area contributed by atoms with Crippen LogP contribution in [0.1, 0.15) is 62.8 Å². The maximum absolute atomic E-state index is 14.5. The highest BCUT2D eigenvalue weighted by Gasteiger charge is 2.97. The summed E-state index contributed by atoms with van der Waals surface area (Å²) in [5, 5.41) is 0. The summed E-state index contributed by atoms with van der Waals surface area (Å²) in [4.78, 5) is 0. The molecule has 2 heterocycles. The van der Waals surface area contributed by atoms with Gasteiger partial charge in [-0.2, -0.15) is 149 Å². The number of hydrogen-bond acceptors (Lipinski definition) is 0. The summed E-state index contributed by atoms with van der Waals surface area (Å²) in [5.41, 5.74) is -0.271. The summed E-state index contributed by atoms with van der Waals surface area (Å²) in [6.45, 7) is -3.20. The minimum atomic E-state index is -8.79. The van der Waals surface area contributed by atoms with E-state index in [0.29, 0.717) is 9.13 Å². The van der Waals surface area contributed by atoms with Crippen LogP contribution in [0.2, 0.25) is 0 Å². The van der Waals surface area contributed by atoms with Crippen LogP contribution in [0.5, 0.6) is 0 Å². The molecule has 74 heavy (non-hydrogen) atoms. The first kappa shape index (κ1) is 66.0. The van der Waals surface area contributed by atoms with Gasteiger partial charge in [0.15, 0.2) is 36.9 Å². The van der Waals surface area contributed by atoms with Crippen molar-refractivity contribution in [2.24, 2.45) is 0 Å². The number of alkyl halides is 34. The minimum absolute atomic E-state index is 0.0231. The Morgan fingerprint density at radius 3 is 0.716 bits per heavy atom. The van der Waals surface area contributed by atoms with Gasteiger partial charge in [0.05, 0.1) is 12.8 Å². The van der Waals surface area contributed by atoms with Crippen LogP contribution in [0.15, 0.2) is 48.8 Å². The molecule has 0 radical (unpaired) electrons. The first-order valence-corrected chi connectivity index (χ1v) is 20.0. The first-order chi connectivity index (χ1) is 32.6. The average Bonchev–Trinajstić information content (AvgIpc) is 3.24. The Morgan fingerprint density at radius 2 is 0.473 bits per heavy atom. The second-order valence-corrected chi connectivity index (χ2v) is 16.2. The van der Waals surface area contributed by atoms with E-state index in [4.69, 9.17) is 0 Å². The number of nitrogens with zero attached hydrogens (tertiary/aromatic N) is 2. The van der Waals surface area contributed by atoms with Crippen LogP contribution in [0, 0.1) is 0 Å². The molecule has 0 amide bonds. The van der Waals surface area contributed by atoms with E-state index in [0.717, 1.165) is 48.8 Å². The van der Waals surface area contributed by atoms with Crippen molar-refractivity contribution in [1.29, 1.82) is 0 Å². The monoisotopic (exact) mass is 1160 g/mol. The van der Waals surface area contributed by atoms with Crippen molar-refractivity contribution in [2.45, 2.75) is 173 Å². The molecule has 0 aliphatic carbocycles. The van der Waals surface area contributed by atoms with Crippen LogP contribution >= 0.6 is 0 Å². The van der Waals surface area contributed by atoms with Gasteiger partial charge in [-0.25, -0.2) is 9.13 Å². The van der Waals surface area contributed by atoms with Gasteiger partial charge in [0.1, 0.15) is 0 Å². The largest absolute Gasteiger partial charge is 0.460 e. The van der Waals surface area contributed by atoms with Crippen molar-refractivity contribution in [3.63, 3.8) is 0 Å². The zero-order chi connectivity index (χ0) is 58.5. The molecule has 0 saturated heterocycles. The Morgan fingerprint density at radius 1 is 0.257 bits per heavy atom. The lowest BCUT2D eigenvalue weighted by Gasteiger charge is -2.42. The molecule has 0 saturated carbocycles. The average molecular weight is 1160 g/mol. The minimum Gasteiger partial charge on any atom is -0.202 e. The Kier molecular flexibility index (Phi) is 18.5. The van der Waals surface area contributed by atoms with Crippen LogP contribution in [0.3, 0.4) is 0 Å². The van der Waals surface area contributed by atoms with E-state index in [-0.39, 0.29) is 62.8 Å². The molecule has 0 spiro atoms. The Bertz CT molecular complexity index is 2020. The molecule has 0 atom stereocenters. The highest BCUT2D eigenvalue weighted by molar-refractivity contribution is 5.17. The number of aromatic nitrogens is 2. The van der Waals surface area contributed by atoms with E-state index in [1.54, 1.807) is 0 Å². The van der Waals surface area contributed by atoms with Gasteiger partial charge < -0.3 is 0 Å². The van der Waals surface area contributed by atoms with Crippen LogP contribution < -0.4 is 9.13 Å². The lowest BCUT2D eigenvalue weighted by Crippen LogP contribution is -2.74. The Balaban J connectivity index is 2.07. The molecule has 36 heteroatoms. The van der Waals surface area contributed by atoms with Gasteiger partial charge in [0.2, 0.25) is 0 Å². The molecule has 0 aliphatic rings. The van der Waals surface area contributed by atoms with Crippen molar-refractivity contribution in [2.75, 3.05) is 0 Å². The Labute approximate surface area is 391 Å². The van der Waals surface area contributed by atoms with Gasteiger partial charge in [-0.1, -0.05) is 37.8 Å². The lowest BCUT2D eigenvalue weighted by molar-refractivity contribution is -0.707. The lowest BCUT2D eigenvalue weighted by atomic mass is 9.88. The normalized spacial score (nSPS) is 15.5. The zero-order valence-corrected chi connectivity index (χ0v) is 35.8. The number of unbranched alkanes of at least 4 members (excludes halogenated alkanes) is 5. The van der Waals surface area contributed by atoms with Gasteiger partial charge >= 0.3 is 95.3 Å². The molecule has 430 valence electrons. The maximum Gasteiger partial charge on any atom is 0.460 e. The first-order valence-electron chi connectivity index (χ1n) is 20.0. The summed E-state index contributed by atoms with van der Waals surface area (Å²) in [7, 11) is 0. The highest BCUT2D eigenvalue weighted by Crippen LogP contribution is 2.66. The van der Waals surface area contributed by atoms with Crippen LogP contribution in [-0.4, -0.2) is 95.3 Å². The topological polar surface area (TPSA) is 7.76 Å². The molecular formula is C38H32F34N2+2. The van der Waals surface area contributed by atoms with Crippen molar-refractivity contribution < 1.29 is 158 Å². The van der Waals surface area contributed by atoms with Crippen molar-refractivity contribution >= 4 is 0 Å². The van der Waals surface area contributed by atoms with Crippen molar-refractivity contribution in [3.05, 3.63) is 60.2 Å². The van der Waals surface area contributed by atoms with Gasteiger partial charge in [-0.05, 0) is 12.8 Å². The highest BCUT2D eigenvalue weighted by atomic mass is 19.4. The van der Waals surface area contributed by atoms with Gasteiger partial charge in [0.25, 0.3) is 0 Å². The van der Waals surface area contributed by atoms with Crippen molar-refractivity contribution in [1.82, 2.24) is 0 Å². The number of hydrogen-bond donors (Lipinski definition) is 0. The van der Waals surface area contributed by atoms with E-state index >= 15 is 0 Å². The fraction of sp³-hybridized carbons (Fsp3) is 0.737. The van der Waals surface area contributed by atoms with E-state index in [1.165, 1.54) is 0 Å². The fourth-order valence-corrected chi connectivity index (χ4v) is 6.46. The molecule has 0 fully saturated rings. The summed E-state index contributed by atoms with van der Waals surface area (Å²) in [6.07, 6.45) is -19.4. The van der Waals surface area contributed by atoms with E-state index in [1.807, 2.05) is 0 Å². The number of aryl methyl sites for hydroxylation is 4. The summed E-state index contributed by atoms with van der Waals surface area (Å²) in [6, 6.07) is 6.41. The zero-order valence-electron chi connectivity index (χ0n) is 35.8. The molecule has 2 aromatic heterocycles. The van der Waals surface area contributed by atoms with Crippen LogP contribution in [0.25, 0.3) is 0 Å². The summed E-state index contributed by atoms with van der Waals surface area (Å²) in [5.74, 6) is -115. The Hall–Kier alpha value is -4.08. The standard InChI is InChI=1S/C38H32F34N2/c39-23(40,25(43,44)27(47,48)29(51,52)31(55,56)33(59,60)35(63,64)37(67,68)69)15-19-73-17-9-7-13-21(73)11-5-3-1-2-4-6-12-22-14-8-10-18-74(22)20-16-24(41,42)26(45,46)28(49,50)30(53,54)32(57,58)34(61,62)36(65,66)38(70,71)72/h7-10,13-14,17-18H,1-6,11-12,15-16,19-20H2/q+2. The van der Waals surface area contributed by atoms with Gasteiger partial charge in [-0.15, -0.1) is 0 Å². The van der Waals surface area contributed by atoms with Gasteiger partial charge in [-0.3, -0.25) is 0 Å². The third kappa shape index (κ3) is 10.9. The third-order valence-corrected chi connectivity index (χ3v) is 11.1. The number of pyridine rings is 2. The predicted octanol–water partition coefficient (Wildman–Crippen LogP) is 15.2. The van der Waals surface area contributed by atoms with Gasteiger partial charge in [0, 0.05) is 37.1 Å². The summed E-state index contributed by atoms with van der Waals surface area (Å²) >= 11 is 0. The molecule has 0 N–H and O–H groups in total. The SMILES string of the molecule is FC(F)(F)C(F)(F)C(F)(F)C(F)(F)C(F)(F)C(F)(F)C(F)(F)C(F)(F)CC[n+]1ccccc1CCCCCCCCc1cccc[n+]1CCC(F)(F)C(F)(F)C(F)(F)C(F)(F)C(F)(F)C(F)(F)C(F)(F)C(F)(F)F. The predicted molar refractivity (Wildman–Crippen MR) is 179 cm³/mol. The molecule has 0 aromatic carbocycles.